The van der Waals surface area contributed by atoms with Gasteiger partial charge in [-0.3, -0.25) is 10.2 Å². The molecule has 0 saturated carbocycles. The number of carbonyl (C=O) groups excluding carboxylic acids is 1. The number of carbonyl (C=O) groups is 1. The summed E-state index contributed by atoms with van der Waals surface area (Å²) in [6.45, 7) is 0. The molecule has 76 valence electrons. The number of alkyl halides is 2. The fourth-order valence-electron chi connectivity index (χ4n) is 0.767. The van der Waals surface area contributed by atoms with E-state index in [1.54, 1.807) is 18.2 Å². The molecule has 6 heteroatoms. The molecule has 0 saturated heterocycles. The first-order valence-electron chi connectivity index (χ1n) is 3.69. The summed E-state index contributed by atoms with van der Waals surface area (Å²) in [6.07, 6.45) is 0. The quantitative estimate of drug-likeness (QED) is 0.348. The molecule has 1 amide bonds. The number of halogens is 2. The highest BCUT2D eigenvalue weighted by molar-refractivity contribution is 8.01. The van der Waals surface area contributed by atoms with Gasteiger partial charge in [0.2, 0.25) is 0 Å². The zero-order chi connectivity index (χ0) is 10.6. The molecule has 0 aliphatic rings. The lowest BCUT2D eigenvalue weighted by Crippen LogP contribution is -2.41. The number of rotatable bonds is 3. The minimum atomic E-state index is -3.55. The summed E-state index contributed by atoms with van der Waals surface area (Å²) in [5.74, 6) is 3.11. The number of hydrogen-bond donors (Lipinski definition) is 2. The topological polar surface area (TPSA) is 55.1 Å². The average Bonchev–Trinajstić information content (AvgIpc) is 2.17. The second-order valence-electron chi connectivity index (χ2n) is 2.41. The van der Waals surface area contributed by atoms with Crippen molar-refractivity contribution < 1.29 is 13.6 Å². The van der Waals surface area contributed by atoms with Crippen LogP contribution in [-0.4, -0.2) is 11.2 Å². The third kappa shape index (κ3) is 2.68. The predicted molar refractivity (Wildman–Crippen MR) is 49.6 cm³/mol. The molecule has 0 aliphatic carbocycles. The second-order valence-corrected chi connectivity index (χ2v) is 3.59. The highest BCUT2D eigenvalue weighted by Crippen LogP contribution is 2.35. The first-order chi connectivity index (χ1) is 6.56. The summed E-state index contributed by atoms with van der Waals surface area (Å²) >= 11 is 0.153. The first kappa shape index (κ1) is 10.9. The summed E-state index contributed by atoms with van der Waals surface area (Å²) in [5.41, 5.74) is 1.42. The molecule has 14 heavy (non-hydrogen) atoms. The Bertz CT molecular complexity index is 318. The largest absolute Gasteiger partial charge is 0.376 e. The number of nitrogens with two attached hydrogens (primary N) is 1. The van der Waals surface area contributed by atoms with Gasteiger partial charge in [-0.2, -0.15) is 8.78 Å². The number of nitrogens with one attached hydrogen (secondary N) is 1. The zero-order valence-corrected chi connectivity index (χ0v) is 7.85. The molecule has 3 N–H and O–H groups in total. The summed E-state index contributed by atoms with van der Waals surface area (Å²) in [6, 6.07) is 7.90. The summed E-state index contributed by atoms with van der Waals surface area (Å²) < 4.78 is 25.9. The third-order valence-corrected chi connectivity index (χ3v) is 2.33. The van der Waals surface area contributed by atoms with E-state index in [4.69, 9.17) is 0 Å². The highest BCUT2D eigenvalue weighted by atomic mass is 32.2. The summed E-state index contributed by atoms with van der Waals surface area (Å²) in [4.78, 5) is 10.9. The van der Waals surface area contributed by atoms with Crippen LogP contribution in [-0.2, 0) is 4.79 Å². The molecule has 0 radical (unpaired) electrons. The van der Waals surface area contributed by atoms with E-state index in [-0.39, 0.29) is 11.8 Å². The molecule has 1 aromatic carbocycles. The molecule has 0 aromatic heterocycles. The number of hydrazine groups is 1. The van der Waals surface area contributed by atoms with Gasteiger partial charge in [0.1, 0.15) is 0 Å². The smallest absolute Gasteiger partial charge is 0.288 e. The summed E-state index contributed by atoms with van der Waals surface area (Å²) in [5, 5.41) is -3.55. The van der Waals surface area contributed by atoms with Crippen LogP contribution >= 0.6 is 11.8 Å². The molecule has 0 aliphatic heterocycles. The van der Waals surface area contributed by atoms with Gasteiger partial charge in [-0.05, 0) is 23.9 Å². The van der Waals surface area contributed by atoms with E-state index in [1.807, 2.05) is 0 Å². The molecule has 0 bridgehead atoms. The maximum atomic E-state index is 13.0. The van der Waals surface area contributed by atoms with E-state index in [0.717, 1.165) is 0 Å². The highest BCUT2D eigenvalue weighted by Gasteiger charge is 2.39. The molecule has 0 heterocycles. The maximum absolute atomic E-state index is 13.0. The molecule has 0 atom stereocenters. The molecular formula is C8H8F2N2OS. The van der Waals surface area contributed by atoms with Crippen LogP contribution in [0.1, 0.15) is 0 Å². The van der Waals surface area contributed by atoms with E-state index >= 15 is 0 Å². The van der Waals surface area contributed by atoms with Crippen molar-refractivity contribution in [2.75, 3.05) is 0 Å². The fraction of sp³-hybridized carbons (Fsp3) is 0.125. The zero-order valence-electron chi connectivity index (χ0n) is 7.04. The molecular weight excluding hydrogens is 210 g/mol. The number of thioether (sulfide) groups is 1. The van der Waals surface area contributed by atoms with Gasteiger partial charge in [0.05, 0.1) is 0 Å². The van der Waals surface area contributed by atoms with E-state index in [1.165, 1.54) is 17.6 Å². The lowest BCUT2D eigenvalue weighted by Gasteiger charge is -2.12. The van der Waals surface area contributed by atoms with Gasteiger partial charge >= 0.3 is 11.2 Å². The normalized spacial score (nSPS) is 11.1. The Labute approximate surface area is 83.6 Å². The van der Waals surface area contributed by atoms with Gasteiger partial charge in [-0.15, -0.1) is 0 Å². The molecule has 1 rings (SSSR count). The van der Waals surface area contributed by atoms with Gasteiger partial charge in [-0.1, -0.05) is 18.2 Å². The Kier molecular flexibility index (Phi) is 3.43. The molecule has 0 fully saturated rings. The van der Waals surface area contributed by atoms with E-state index in [2.05, 4.69) is 5.84 Å². The minimum Gasteiger partial charge on any atom is -0.288 e. The van der Waals surface area contributed by atoms with Crippen LogP contribution in [0.2, 0.25) is 0 Å². The van der Waals surface area contributed by atoms with E-state index < -0.39 is 11.2 Å². The van der Waals surface area contributed by atoms with Gasteiger partial charge < -0.3 is 0 Å². The Balaban J connectivity index is 2.73. The van der Waals surface area contributed by atoms with Gasteiger partial charge in [0.25, 0.3) is 0 Å². The summed E-state index contributed by atoms with van der Waals surface area (Å²) in [7, 11) is 0. The number of hydrogen-bond acceptors (Lipinski definition) is 3. The first-order valence-corrected chi connectivity index (χ1v) is 4.51. The third-order valence-electron chi connectivity index (χ3n) is 1.38. The lowest BCUT2D eigenvalue weighted by molar-refractivity contribution is -0.134. The Hall–Kier alpha value is -1.14. The van der Waals surface area contributed by atoms with Gasteiger partial charge in [0, 0.05) is 4.90 Å². The number of benzene rings is 1. The van der Waals surface area contributed by atoms with Crippen molar-refractivity contribution in [1.29, 1.82) is 0 Å². The van der Waals surface area contributed by atoms with Crippen LogP contribution in [0.5, 0.6) is 0 Å². The van der Waals surface area contributed by atoms with Crippen molar-refractivity contribution in [2.45, 2.75) is 10.2 Å². The van der Waals surface area contributed by atoms with Crippen LogP contribution in [0.25, 0.3) is 0 Å². The second kappa shape index (κ2) is 4.39. The Morgan fingerprint density at radius 2 is 1.93 bits per heavy atom. The molecule has 0 spiro atoms. The van der Waals surface area contributed by atoms with Crippen LogP contribution in [0.15, 0.2) is 35.2 Å². The monoisotopic (exact) mass is 218 g/mol. The van der Waals surface area contributed by atoms with Crippen molar-refractivity contribution >= 4 is 17.7 Å². The maximum Gasteiger partial charge on any atom is 0.376 e. The van der Waals surface area contributed by atoms with Crippen LogP contribution in [0.4, 0.5) is 8.78 Å². The minimum absolute atomic E-state index is 0.153. The fourth-order valence-corrected chi connectivity index (χ4v) is 1.51. The molecule has 3 nitrogen and oxygen atoms in total. The van der Waals surface area contributed by atoms with Crippen molar-refractivity contribution in [3.8, 4) is 0 Å². The average molecular weight is 218 g/mol. The Morgan fingerprint density at radius 3 is 2.43 bits per heavy atom. The SMILES string of the molecule is NNC(=O)C(F)(F)Sc1ccccc1. The van der Waals surface area contributed by atoms with Crippen LogP contribution in [0.3, 0.4) is 0 Å². The van der Waals surface area contributed by atoms with Gasteiger partial charge in [-0.25, -0.2) is 5.84 Å². The van der Waals surface area contributed by atoms with Crippen LogP contribution < -0.4 is 11.3 Å². The van der Waals surface area contributed by atoms with Gasteiger partial charge in [0.15, 0.2) is 0 Å². The molecule has 1 aromatic rings. The molecule has 0 unspecified atom stereocenters. The lowest BCUT2D eigenvalue weighted by atomic mass is 10.4. The van der Waals surface area contributed by atoms with Crippen molar-refractivity contribution in [1.82, 2.24) is 5.43 Å². The van der Waals surface area contributed by atoms with Crippen molar-refractivity contribution in [3.05, 3.63) is 30.3 Å². The van der Waals surface area contributed by atoms with Crippen molar-refractivity contribution in [3.63, 3.8) is 0 Å². The van der Waals surface area contributed by atoms with Crippen LogP contribution in [0, 0.1) is 0 Å². The van der Waals surface area contributed by atoms with Crippen molar-refractivity contribution in [2.24, 2.45) is 5.84 Å². The number of amides is 1. The Morgan fingerprint density at radius 1 is 1.36 bits per heavy atom. The van der Waals surface area contributed by atoms with E-state index in [9.17, 15) is 13.6 Å². The van der Waals surface area contributed by atoms with E-state index in [0.29, 0.717) is 4.90 Å². The standard InChI is InChI=1S/C8H8F2N2OS/c9-8(10,7(13)12-11)14-6-4-2-1-3-5-6/h1-5H,11H2,(H,12,13). The predicted octanol–water partition coefficient (Wildman–Crippen LogP) is 1.36.